The molecule has 1 aromatic rings. The summed E-state index contributed by atoms with van der Waals surface area (Å²) in [6.45, 7) is 4.37. The van der Waals surface area contributed by atoms with Crippen LogP contribution in [0, 0.1) is 5.92 Å². The van der Waals surface area contributed by atoms with Crippen molar-refractivity contribution in [2.45, 2.75) is 26.3 Å². The zero-order valence-corrected chi connectivity index (χ0v) is 12.2. The van der Waals surface area contributed by atoms with Gasteiger partial charge in [-0.05, 0) is 32.9 Å². The predicted molar refractivity (Wildman–Crippen MR) is 73.7 cm³/mol. The second kappa shape index (κ2) is 6.81. The first-order valence-corrected chi connectivity index (χ1v) is 7.54. The number of carboxylic acids is 1. The highest BCUT2D eigenvalue weighted by Crippen LogP contribution is 2.22. The topological polar surface area (TPSA) is 79.7 Å². The van der Waals surface area contributed by atoms with Gasteiger partial charge in [0.2, 0.25) is 0 Å². The molecule has 0 spiro atoms. The zero-order valence-electron chi connectivity index (χ0n) is 11.4. The summed E-state index contributed by atoms with van der Waals surface area (Å²) in [5.74, 6) is -1.12. The molecule has 1 aromatic heterocycles. The van der Waals surface area contributed by atoms with Crippen molar-refractivity contribution in [1.29, 1.82) is 0 Å². The zero-order chi connectivity index (χ0) is 14.5. The number of hydrogen-bond acceptors (Lipinski definition) is 6. The van der Waals surface area contributed by atoms with E-state index < -0.39 is 5.97 Å². The summed E-state index contributed by atoms with van der Waals surface area (Å²) < 4.78 is 5.03. The standard InChI is InChI=1S/C13H18N2O4S/c1-2-19-13(18)9-3-5-15(6-4-9)7-10-11(12(16)17)14-8-20-10/h8-9H,2-7H2,1H3,(H,16,17). The molecule has 0 atom stereocenters. The molecule has 0 aliphatic carbocycles. The monoisotopic (exact) mass is 298 g/mol. The first-order valence-electron chi connectivity index (χ1n) is 6.66. The van der Waals surface area contributed by atoms with E-state index in [0.29, 0.717) is 13.2 Å². The summed E-state index contributed by atoms with van der Waals surface area (Å²) in [7, 11) is 0. The molecule has 0 unspecified atom stereocenters. The average Bonchev–Trinajstić information content (AvgIpc) is 2.88. The van der Waals surface area contributed by atoms with Crippen LogP contribution in [0.1, 0.15) is 35.1 Å². The van der Waals surface area contributed by atoms with E-state index in [1.807, 2.05) is 6.92 Å². The van der Waals surface area contributed by atoms with Crippen molar-refractivity contribution in [3.63, 3.8) is 0 Å². The molecule has 1 aliphatic rings. The molecule has 0 aromatic carbocycles. The first-order chi connectivity index (χ1) is 9.61. The van der Waals surface area contributed by atoms with E-state index in [-0.39, 0.29) is 17.6 Å². The van der Waals surface area contributed by atoms with Crippen LogP contribution >= 0.6 is 11.3 Å². The molecule has 0 amide bonds. The lowest BCUT2D eigenvalue weighted by atomic mass is 9.97. The van der Waals surface area contributed by atoms with Crippen molar-refractivity contribution in [3.8, 4) is 0 Å². The third kappa shape index (κ3) is 3.55. The van der Waals surface area contributed by atoms with Crippen LogP contribution in [0.2, 0.25) is 0 Å². The third-order valence-electron chi connectivity index (χ3n) is 3.42. The lowest BCUT2D eigenvalue weighted by Crippen LogP contribution is -2.36. The normalized spacial score (nSPS) is 17.1. The summed E-state index contributed by atoms with van der Waals surface area (Å²) >= 11 is 1.36. The molecule has 0 bridgehead atoms. The number of aromatic nitrogens is 1. The van der Waals surface area contributed by atoms with Crippen molar-refractivity contribution in [2.75, 3.05) is 19.7 Å². The largest absolute Gasteiger partial charge is 0.476 e. The highest BCUT2D eigenvalue weighted by Gasteiger charge is 2.27. The molecule has 0 saturated carbocycles. The van der Waals surface area contributed by atoms with Gasteiger partial charge in [0.05, 0.1) is 22.9 Å². The van der Waals surface area contributed by atoms with E-state index >= 15 is 0 Å². The second-order valence-electron chi connectivity index (χ2n) is 4.73. The van der Waals surface area contributed by atoms with E-state index in [4.69, 9.17) is 9.84 Å². The van der Waals surface area contributed by atoms with Crippen LogP contribution in [-0.2, 0) is 16.1 Å². The van der Waals surface area contributed by atoms with E-state index in [1.165, 1.54) is 11.3 Å². The van der Waals surface area contributed by atoms with Crippen LogP contribution in [0.3, 0.4) is 0 Å². The van der Waals surface area contributed by atoms with Crippen LogP contribution < -0.4 is 0 Å². The molecule has 1 fully saturated rings. The molecule has 1 aliphatic heterocycles. The predicted octanol–water partition coefficient (Wildman–Crippen LogP) is 1.62. The molecule has 20 heavy (non-hydrogen) atoms. The molecule has 1 N–H and O–H groups in total. The van der Waals surface area contributed by atoms with Gasteiger partial charge in [-0.1, -0.05) is 0 Å². The number of ether oxygens (including phenoxy) is 1. The molecule has 1 saturated heterocycles. The molecule has 6 nitrogen and oxygen atoms in total. The quantitative estimate of drug-likeness (QED) is 0.832. The average molecular weight is 298 g/mol. The van der Waals surface area contributed by atoms with E-state index in [0.717, 1.165) is 30.8 Å². The Labute approximate surface area is 121 Å². The van der Waals surface area contributed by atoms with Gasteiger partial charge < -0.3 is 9.84 Å². The number of carbonyl (C=O) groups is 2. The van der Waals surface area contributed by atoms with Crippen molar-refractivity contribution in [2.24, 2.45) is 5.92 Å². The first kappa shape index (κ1) is 14.9. The number of likely N-dealkylation sites (tertiary alicyclic amines) is 1. The molecule has 2 heterocycles. The minimum atomic E-state index is -0.984. The van der Waals surface area contributed by atoms with Crippen LogP contribution in [0.4, 0.5) is 0 Å². The molecule has 2 rings (SSSR count). The molecular weight excluding hydrogens is 280 g/mol. The lowest BCUT2D eigenvalue weighted by Gasteiger charge is -2.30. The number of esters is 1. The Kier molecular flexibility index (Phi) is 5.08. The van der Waals surface area contributed by atoms with Gasteiger partial charge in [0.15, 0.2) is 5.69 Å². The fourth-order valence-electron chi connectivity index (χ4n) is 2.35. The summed E-state index contributed by atoms with van der Waals surface area (Å²) in [6.07, 6.45) is 1.53. The number of aromatic carboxylic acids is 1. The van der Waals surface area contributed by atoms with Gasteiger partial charge in [0, 0.05) is 6.54 Å². The number of carbonyl (C=O) groups excluding carboxylic acids is 1. The molecular formula is C13H18N2O4S. The number of thiazole rings is 1. The van der Waals surface area contributed by atoms with Gasteiger partial charge in [-0.2, -0.15) is 0 Å². The highest BCUT2D eigenvalue weighted by atomic mass is 32.1. The van der Waals surface area contributed by atoms with Gasteiger partial charge >= 0.3 is 11.9 Å². The van der Waals surface area contributed by atoms with Gasteiger partial charge in [-0.3, -0.25) is 9.69 Å². The van der Waals surface area contributed by atoms with Gasteiger partial charge in [-0.15, -0.1) is 11.3 Å². The number of piperidine rings is 1. The van der Waals surface area contributed by atoms with Crippen LogP contribution in [0.5, 0.6) is 0 Å². The Balaban J connectivity index is 1.87. The number of hydrogen-bond donors (Lipinski definition) is 1. The Hall–Kier alpha value is -1.47. The number of rotatable bonds is 5. The number of nitrogens with zero attached hydrogens (tertiary/aromatic N) is 2. The summed E-state index contributed by atoms with van der Waals surface area (Å²) in [5.41, 5.74) is 1.70. The van der Waals surface area contributed by atoms with Crippen LogP contribution in [0.15, 0.2) is 5.51 Å². The maximum Gasteiger partial charge on any atom is 0.355 e. The maximum atomic E-state index is 11.6. The SMILES string of the molecule is CCOC(=O)C1CCN(Cc2scnc2C(=O)O)CC1. The molecule has 110 valence electrons. The van der Waals surface area contributed by atoms with E-state index in [9.17, 15) is 9.59 Å². The van der Waals surface area contributed by atoms with Gasteiger partial charge in [0.25, 0.3) is 0 Å². The minimum absolute atomic E-state index is 0.0217. The molecule has 0 radical (unpaired) electrons. The third-order valence-corrected chi connectivity index (χ3v) is 4.24. The fraction of sp³-hybridized carbons (Fsp3) is 0.615. The van der Waals surface area contributed by atoms with Gasteiger partial charge in [0.1, 0.15) is 0 Å². The summed E-state index contributed by atoms with van der Waals surface area (Å²) in [4.78, 5) is 29.4. The second-order valence-corrected chi connectivity index (χ2v) is 5.67. The van der Waals surface area contributed by atoms with Crippen LogP contribution in [0.25, 0.3) is 0 Å². The van der Waals surface area contributed by atoms with Crippen molar-refractivity contribution in [3.05, 3.63) is 16.1 Å². The smallest absolute Gasteiger partial charge is 0.355 e. The fourth-order valence-corrected chi connectivity index (χ4v) is 3.14. The van der Waals surface area contributed by atoms with Crippen LogP contribution in [-0.4, -0.2) is 46.6 Å². The van der Waals surface area contributed by atoms with Crippen molar-refractivity contribution >= 4 is 23.3 Å². The Bertz CT molecular complexity index is 480. The van der Waals surface area contributed by atoms with Crippen molar-refractivity contribution in [1.82, 2.24) is 9.88 Å². The van der Waals surface area contributed by atoms with Crippen molar-refractivity contribution < 1.29 is 19.4 Å². The summed E-state index contributed by atoms with van der Waals surface area (Å²) in [6, 6.07) is 0. The van der Waals surface area contributed by atoms with E-state index in [1.54, 1.807) is 5.51 Å². The van der Waals surface area contributed by atoms with E-state index in [2.05, 4.69) is 9.88 Å². The Morgan fingerprint density at radius 1 is 1.50 bits per heavy atom. The Morgan fingerprint density at radius 2 is 2.20 bits per heavy atom. The van der Waals surface area contributed by atoms with Gasteiger partial charge in [-0.25, -0.2) is 9.78 Å². The Morgan fingerprint density at radius 3 is 2.80 bits per heavy atom. The molecule has 7 heteroatoms. The maximum absolute atomic E-state index is 11.6. The minimum Gasteiger partial charge on any atom is -0.476 e. The highest BCUT2D eigenvalue weighted by molar-refractivity contribution is 7.09. The number of carboxylic acid groups (broad SMARTS) is 1. The summed E-state index contributed by atoms with van der Waals surface area (Å²) in [5, 5.41) is 9.02. The lowest BCUT2D eigenvalue weighted by molar-refractivity contribution is -0.149.